The lowest BCUT2D eigenvalue weighted by Crippen LogP contribution is -2.32. The van der Waals surface area contributed by atoms with Gasteiger partial charge in [0.1, 0.15) is 16.5 Å². The zero-order chi connectivity index (χ0) is 25.3. The Bertz CT molecular complexity index is 1370. The van der Waals surface area contributed by atoms with Gasteiger partial charge >= 0.3 is 6.18 Å². The summed E-state index contributed by atoms with van der Waals surface area (Å²) in [6, 6.07) is 14.5. The third kappa shape index (κ3) is 5.02. The number of alkyl halides is 3. The predicted octanol–water partition coefficient (Wildman–Crippen LogP) is 5.53. The number of carbonyl (C=O) groups excluding carboxylic acids is 3. The average molecular weight is 504 g/mol. The number of nitrogens with zero attached hydrogens (tertiary/aromatic N) is 1. The van der Waals surface area contributed by atoms with Gasteiger partial charge in [0, 0.05) is 16.9 Å². The van der Waals surface area contributed by atoms with Crippen molar-refractivity contribution in [3.63, 3.8) is 0 Å². The van der Waals surface area contributed by atoms with Gasteiger partial charge in [-0.1, -0.05) is 23.7 Å². The van der Waals surface area contributed by atoms with Gasteiger partial charge in [0.15, 0.2) is 0 Å². The lowest BCUT2D eigenvalue weighted by molar-refractivity contribution is -0.137. The molecule has 2 N–H and O–H groups in total. The van der Waals surface area contributed by atoms with E-state index in [1.54, 1.807) is 0 Å². The summed E-state index contributed by atoms with van der Waals surface area (Å²) >= 11 is 6.07. The summed E-state index contributed by atoms with van der Waals surface area (Å²) in [4.78, 5) is 38.7. The van der Waals surface area contributed by atoms with Gasteiger partial charge in [0.05, 0.1) is 11.3 Å². The number of halogens is 5. The Kier molecular flexibility index (Phi) is 6.31. The van der Waals surface area contributed by atoms with E-state index in [1.165, 1.54) is 48.5 Å². The molecular weight excluding hydrogens is 490 g/mol. The van der Waals surface area contributed by atoms with Gasteiger partial charge < -0.3 is 10.6 Å². The number of nitrogens with one attached hydrogen (secondary N) is 2. The SMILES string of the molecule is O=C(Nc1cccc(C(F)(F)F)c1)c1cccc(NC2=C(Cl)C(=O)N(c3ccc(F)cc3)C2=O)c1. The molecule has 0 radical (unpaired) electrons. The molecule has 0 saturated carbocycles. The van der Waals surface area contributed by atoms with Crippen LogP contribution in [0.25, 0.3) is 0 Å². The van der Waals surface area contributed by atoms with E-state index in [0.29, 0.717) is 0 Å². The maximum Gasteiger partial charge on any atom is 0.416 e. The van der Waals surface area contributed by atoms with E-state index in [2.05, 4.69) is 10.6 Å². The molecule has 0 spiro atoms. The van der Waals surface area contributed by atoms with Gasteiger partial charge in [-0.25, -0.2) is 9.29 Å². The van der Waals surface area contributed by atoms with E-state index in [9.17, 15) is 31.9 Å². The number of anilines is 3. The summed E-state index contributed by atoms with van der Waals surface area (Å²) in [5, 5.41) is 4.68. The first-order chi connectivity index (χ1) is 16.5. The maximum atomic E-state index is 13.2. The van der Waals surface area contributed by atoms with Crippen LogP contribution in [0, 0.1) is 5.82 Å². The van der Waals surface area contributed by atoms with Crippen LogP contribution >= 0.6 is 11.6 Å². The largest absolute Gasteiger partial charge is 0.416 e. The van der Waals surface area contributed by atoms with Crippen molar-refractivity contribution >= 4 is 46.4 Å². The van der Waals surface area contributed by atoms with E-state index in [-0.39, 0.29) is 28.3 Å². The summed E-state index contributed by atoms with van der Waals surface area (Å²) in [6.07, 6.45) is -4.56. The Hall–Kier alpha value is -4.18. The molecule has 0 fully saturated rings. The van der Waals surface area contributed by atoms with Gasteiger partial charge in [0.2, 0.25) is 0 Å². The first-order valence-electron chi connectivity index (χ1n) is 9.94. The van der Waals surface area contributed by atoms with E-state index in [0.717, 1.165) is 29.2 Å². The van der Waals surface area contributed by atoms with Crippen molar-refractivity contribution in [2.24, 2.45) is 0 Å². The maximum absolute atomic E-state index is 13.2. The van der Waals surface area contributed by atoms with Crippen molar-refractivity contribution in [1.82, 2.24) is 0 Å². The molecule has 0 bridgehead atoms. The standard InChI is InChI=1S/C24H14ClF4N3O3/c25-19-20(23(35)32(22(19)34)18-9-7-15(26)8-10-18)30-16-5-1-3-13(11-16)21(33)31-17-6-2-4-14(12-17)24(27,28)29/h1-12,30H,(H,31,33). The summed E-state index contributed by atoms with van der Waals surface area (Å²) < 4.78 is 51.9. The van der Waals surface area contributed by atoms with Crippen molar-refractivity contribution in [3.8, 4) is 0 Å². The van der Waals surface area contributed by atoms with Crippen LogP contribution in [0.4, 0.5) is 34.6 Å². The Labute approximate surface area is 200 Å². The Morgan fingerprint density at radius 1 is 0.857 bits per heavy atom. The molecular formula is C24H14ClF4N3O3. The summed E-state index contributed by atoms with van der Waals surface area (Å²) in [7, 11) is 0. The lowest BCUT2D eigenvalue weighted by atomic mass is 10.1. The van der Waals surface area contributed by atoms with Crippen LogP contribution < -0.4 is 15.5 Å². The van der Waals surface area contributed by atoms with Gasteiger partial charge in [-0.15, -0.1) is 0 Å². The van der Waals surface area contributed by atoms with Crippen molar-refractivity contribution in [2.75, 3.05) is 15.5 Å². The highest BCUT2D eigenvalue weighted by molar-refractivity contribution is 6.53. The molecule has 178 valence electrons. The molecule has 0 atom stereocenters. The summed E-state index contributed by atoms with van der Waals surface area (Å²) in [6.45, 7) is 0. The van der Waals surface area contributed by atoms with Crippen LogP contribution in [0.1, 0.15) is 15.9 Å². The van der Waals surface area contributed by atoms with Gasteiger partial charge in [0.25, 0.3) is 17.7 Å². The Morgan fingerprint density at radius 2 is 1.51 bits per heavy atom. The smallest absolute Gasteiger partial charge is 0.350 e. The Balaban J connectivity index is 1.52. The molecule has 1 heterocycles. The highest BCUT2D eigenvalue weighted by Crippen LogP contribution is 2.32. The summed E-state index contributed by atoms with van der Waals surface area (Å²) in [5.41, 5.74) is -0.821. The van der Waals surface area contributed by atoms with Crippen LogP contribution in [0.15, 0.2) is 83.5 Å². The number of imide groups is 1. The highest BCUT2D eigenvalue weighted by Gasteiger charge is 2.39. The van der Waals surface area contributed by atoms with Gasteiger partial charge in [-0.05, 0) is 60.7 Å². The zero-order valence-corrected chi connectivity index (χ0v) is 18.2. The zero-order valence-electron chi connectivity index (χ0n) is 17.5. The average Bonchev–Trinajstić information content (AvgIpc) is 3.03. The number of benzene rings is 3. The molecule has 3 amide bonds. The highest BCUT2D eigenvalue weighted by atomic mass is 35.5. The molecule has 0 aliphatic carbocycles. The topological polar surface area (TPSA) is 78.5 Å². The minimum absolute atomic E-state index is 0.0551. The monoisotopic (exact) mass is 503 g/mol. The van der Waals surface area contributed by atoms with Crippen LogP contribution in [-0.2, 0) is 15.8 Å². The fraction of sp³-hybridized carbons (Fsp3) is 0.0417. The normalized spacial score (nSPS) is 13.9. The molecule has 4 rings (SSSR count). The lowest BCUT2D eigenvalue weighted by Gasteiger charge is -2.15. The van der Waals surface area contributed by atoms with E-state index in [1.807, 2.05) is 0 Å². The third-order valence-corrected chi connectivity index (χ3v) is 5.30. The molecule has 11 heteroatoms. The van der Waals surface area contributed by atoms with Crippen LogP contribution in [-0.4, -0.2) is 17.7 Å². The summed E-state index contributed by atoms with van der Waals surface area (Å²) in [5.74, 6) is -2.85. The molecule has 0 saturated heterocycles. The fourth-order valence-electron chi connectivity index (χ4n) is 3.30. The molecule has 0 unspecified atom stereocenters. The minimum Gasteiger partial charge on any atom is -0.350 e. The predicted molar refractivity (Wildman–Crippen MR) is 121 cm³/mol. The van der Waals surface area contributed by atoms with Gasteiger partial charge in [-0.3, -0.25) is 14.4 Å². The van der Waals surface area contributed by atoms with Crippen molar-refractivity contribution < 1.29 is 31.9 Å². The fourth-order valence-corrected chi connectivity index (χ4v) is 3.51. The first kappa shape index (κ1) is 24.0. The van der Waals surface area contributed by atoms with Gasteiger partial charge in [-0.2, -0.15) is 13.2 Å². The van der Waals surface area contributed by atoms with Crippen LogP contribution in [0.2, 0.25) is 0 Å². The molecule has 1 aliphatic rings. The number of carbonyl (C=O) groups is 3. The van der Waals surface area contributed by atoms with E-state index in [4.69, 9.17) is 11.6 Å². The quantitative estimate of drug-likeness (QED) is 0.354. The van der Waals surface area contributed by atoms with Crippen LogP contribution in [0.5, 0.6) is 0 Å². The first-order valence-corrected chi connectivity index (χ1v) is 10.3. The number of amides is 3. The minimum atomic E-state index is -4.56. The third-order valence-electron chi connectivity index (χ3n) is 4.95. The van der Waals surface area contributed by atoms with Crippen molar-refractivity contribution in [3.05, 3.63) is 100 Å². The van der Waals surface area contributed by atoms with Crippen LogP contribution in [0.3, 0.4) is 0 Å². The molecule has 0 aromatic heterocycles. The molecule has 6 nitrogen and oxygen atoms in total. The second kappa shape index (κ2) is 9.22. The van der Waals surface area contributed by atoms with Crippen molar-refractivity contribution in [2.45, 2.75) is 6.18 Å². The molecule has 35 heavy (non-hydrogen) atoms. The molecule has 3 aromatic carbocycles. The number of hydrogen-bond donors (Lipinski definition) is 2. The second-order valence-electron chi connectivity index (χ2n) is 7.35. The van der Waals surface area contributed by atoms with E-state index < -0.39 is 40.3 Å². The molecule has 1 aliphatic heterocycles. The number of hydrogen-bond acceptors (Lipinski definition) is 4. The Morgan fingerprint density at radius 3 is 2.20 bits per heavy atom. The van der Waals surface area contributed by atoms with E-state index >= 15 is 0 Å². The van der Waals surface area contributed by atoms with Crippen molar-refractivity contribution in [1.29, 1.82) is 0 Å². The number of rotatable bonds is 5. The molecule has 3 aromatic rings. The second-order valence-corrected chi connectivity index (χ2v) is 7.73.